The largest absolute Gasteiger partial charge is 0.467 e. The summed E-state index contributed by atoms with van der Waals surface area (Å²) in [6, 6.07) is 3.83. The Hall–Kier alpha value is -1.30. The zero-order valence-electron chi connectivity index (χ0n) is 11.3. The van der Waals surface area contributed by atoms with Gasteiger partial charge in [0.2, 0.25) is 0 Å². The van der Waals surface area contributed by atoms with Crippen molar-refractivity contribution in [1.82, 2.24) is 0 Å². The molecule has 0 fully saturated rings. The number of hydrogen-bond acceptors (Lipinski definition) is 5. The topological polar surface area (TPSA) is 54.8 Å². The normalized spacial score (nSPS) is 19.2. The standard InChI is InChI=1S/C14H16ClN3OS/c1-8-12-11(20-13(8)9(2)16)6-17-14(15)18(12)7-10-4-3-5-19-10/h3-6,9,14H,7,16H2,1-2H3/t9-,14?/m1/s1. The second kappa shape index (κ2) is 5.24. The van der Waals surface area contributed by atoms with Crippen molar-refractivity contribution in [3.05, 3.63) is 39.5 Å². The van der Waals surface area contributed by atoms with Gasteiger partial charge in [0.05, 0.1) is 23.4 Å². The van der Waals surface area contributed by atoms with Crippen molar-refractivity contribution in [3.8, 4) is 0 Å². The van der Waals surface area contributed by atoms with Crippen LogP contribution in [0.5, 0.6) is 0 Å². The molecule has 2 N–H and O–H groups in total. The molecule has 0 saturated heterocycles. The number of hydrogen-bond donors (Lipinski definition) is 1. The summed E-state index contributed by atoms with van der Waals surface area (Å²) < 4.78 is 5.42. The van der Waals surface area contributed by atoms with Gasteiger partial charge in [-0.2, -0.15) is 0 Å². The smallest absolute Gasteiger partial charge is 0.198 e. The molecular formula is C14H16ClN3OS. The van der Waals surface area contributed by atoms with E-state index in [1.807, 2.05) is 30.2 Å². The van der Waals surface area contributed by atoms with E-state index >= 15 is 0 Å². The summed E-state index contributed by atoms with van der Waals surface area (Å²) in [5.41, 5.74) is 7.93. The first-order valence-electron chi connectivity index (χ1n) is 6.43. The fourth-order valence-electron chi connectivity index (χ4n) is 2.46. The lowest BCUT2D eigenvalue weighted by Gasteiger charge is -2.29. The maximum Gasteiger partial charge on any atom is 0.198 e. The van der Waals surface area contributed by atoms with Crippen molar-refractivity contribution >= 4 is 34.8 Å². The van der Waals surface area contributed by atoms with Crippen molar-refractivity contribution in [3.63, 3.8) is 0 Å². The van der Waals surface area contributed by atoms with Crippen LogP contribution in [0.1, 0.15) is 34.0 Å². The highest BCUT2D eigenvalue weighted by molar-refractivity contribution is 7.14. The lowest BCUT2D eigenvalue weighted by atomic mass is 10.1. The van der Waals surface area contributed by atoms with Crippen molar-refractivity contribution in [2.24, 2.45) is 10.7 Å². The van der Waals surface area contributed by atoms with Gasteiger partial charge in [-0.15, -0.1) is 11.3 Å². The minimum absolute atomic E-state index is 0.0123. The van der Waals surface area contributed by atoms with Gasteiger partial charge in [0.25, 0.3) is 0 Å². The molecule has 0 radical (unpaired) electrons. The number of rotatable bonds is 3. The molecule has 0 bridgehead atoms. The quantitative estimate of drug-likeness (QED) is 0.696. The number of aliphatic imine (C=N–C) groups is 1. The molecule has 6 heteroatoms. The van der Waals surface area contributed by atoms with Crippen molar-refractivity contribution in [2.75, 3.05) is 4.90 Å². The van der Waals surface area contributed by atoms with Crippen LogP contribution in [0.4, 0.5) is 5.69 Å². The van der Waals surface area contributed by atoms with Gasteiger partial charge < -0.3 is 15.1 Å². The Morgan fingerprint density at radius 2 is 2.40 bits per heavy atom. The van der Waals surface area contributed by atoms with Gasteiger partial charge in [0, 0.05) is 17.1 Å². The summed E-state index contributed by atoms with van der Waals surface area (Å²) in [4.78, 5) is 8.68. The summed E-state index contributed by atoms with van der Waals surface area (Å²) in [5.74, 6) is 0.867. The predicted molar refractivity (Wildman–Crippen MR) is 83.8 cm³/mol. The van der Waals surface area contributed by atoms with Crippen LogP contribution < -0.4 is 10.6 Å². The molecular weight excluding hydrogens is 294 g/mol. The van der Waals surface area contributed by atoms with Crippen LogP contribution in [-0.2, 0) is 6.54 Å². The third-order valence-electron chi connectivity index (χ3n) is 3.36. The van der Waals surface area contributed by atoms with E-state index in [0.29, 0.717) is 6.54 Å². The van der Waals surface area contributed by atoms with E-state index in [1.165, 1.54) is 10.4 Å². The Kier molecular flexibility index (Phi) is 3.58. The first kappa shape index (κ1) is 13.7. The van der Waals surface area contributed by atoms with E-state index in [9.17, 15) is 0 Å². The highest BCUT2D eigenvalue weighted by Gasteiger charge is 2.28. The van der Waals surface area contributed by atoms with E-state index in [1.54, 1.807) is 17.6 Å². The van der Waals surface area contributed by atoms with Crippen LogP contribution >= 0.6 is 22.9 Å². The summed E-state index contributed by atoms with van der Waals surface area (Å²) in [6.07, 6.45) is 3.51. The molecule has 4 nitrogen and oxygen atoms in total. The molecule has 0 saturated carbocycles. The molecule has 2 atom stereocenters. The van der Waals surface area contributed by atoms with Gasteiger partial charge in [-0.05, 0) is 31.5 Å². The molecule has 1 aliphatic heterocycles. The van der Waals surface area contributed by atoms with Crippen molar-refractivity contribution < 1.29 is 4.42 Å². The molecule has 0 aliphatic carbocycles. The van der Waals surface area contributed by atoms with E-state index in [4.69, 9.17) is 21.8 Å². The number of furan rings is 1. The minimum Gasteiger partial charge on any atom is -0.467 e. The van der Waals surface area contributed by atoms with Gasteiger partial charge in [-0.1, -0.05) is 11.6 Å². The van der Waals surface area contributed by atoms with E-state index in [2.05, 4.69) is 11.9 Å². The van der Waals surface area contributed by atoms with E-state index in [0.717, 1.165) is 16.3 Å². The summed E-state index contributed by atoms with van der Waals surface area (Å²) in [6.45, 7) is 4.68. The van der Waals surface area contributed by atoms with Gasteiger partial charge in [-0.25, -0.2) is 0 Å². The Morgan fingerprint density at radius 3 is 3.05 bits per heavy atom. The van der Waals surface area contributed by atoms with Crippen LogP contribution in [0.3, 0.4) is 0 Å². The summed E-state index contributed by atoms with van der Waals surface area (Å²) >= 11 is 8.03. The average molecular weight is 310 g/mol. The second-order valence-electron chi connectivity index (χ2n) is 4.89. The molecule has 2 aromatic heterocycles. The molecule has 20 heavy (non-hydrogen) atoms. The molecule has 1 aliphatic rings. The number of thiophene rings is 1. The Balaban J connectivity index is 2.02. The van der Waals surface area contributed by atoms with E-state index in [-0.39, 0.29) is 6.04 Å². The number of fused-ring (bicyclic) bond motifs is 1. The maximum atomic E-state index is 6.35. The van der Waals surface area contributed by atoms with Crippen LogP contribution in [0.15, 0.2) is 27.8 Å². The van der Waals surface area contributed by atoms with Crippen LogP contribution in [0.25, 0.3) is 0 Å². The molecule has 0 aromatic carbocycles. The Morgan fingerprint density at radius 1 is 1.60 bits per heavy atom. The third-order valence-corrected chi connectivity index (χ3v) is 5.12. The highest BCUT2D eigenvalue weighted by atomic mass is 35.5. The summed E-state index contributed by atoms with van der Waals surface area (Å²) in [7, 11) is 0. The third kappa shape index (κ3) is 2.26. The SMILES string of the molecule is Cc1c([C@@H](C)N)sc2c1N(Cc1ccco1)C(Cl)N=C2. The first-order valence-corrected chi connectivity index (χ1v) is 7.68. The van der Waals surface area contributed by atoms with Crippen molar-refractivity contribution in [1.29, 1.82) is 0 Å². The first-order chi connectivity index (χ1) is 9.58. The second-order valence-corrected chi connectivity index (χ2v) is 6.36. The van der Waals surface area contributed by atoms with Gasteiger partial charge in [0.15, 0.2) is 5.62 Å². The fraction of sp³-hybridized carbons (Fsp3) is 0.357. The zero-order valence-corrected chi connectivity index (χ0v) is 12.9. The van der Waals surface area contributed by atoms with Gasteiger partial charge in [0.1, 0.15) is 5.76 Å². The minimum atomic E-state index is -0.415. The molecule has 106 valence electrons. The highest BCUT2D eigenvalue weighted by Crippen LogP contribution is 2.41. The van der Waals surface area contributed by atoms with Crippen LogP contribution in [0.2, 0.25) is 0 Å². The molecule has 2 aromatic rings. The molecule has 0 amide bonds. The zero-order chi connectivity index (χ0) is 14.3. The molecule has 3 heterocycles. The molecule has 3 rings (SSSR count). The average Bonchev–Trinajstić information content (AvgIpc) is 3.01. The monoisotopic (exact) mass is 309 g/mol. The number of anilines is 1. The van der Waals surface area contributed by atoms with Gasteiger partial charge in [-0.3, -0.25) is 4.99 Å². The number of nitrogens with zero attached hydrogens (tertiary/aromatic N) is 2. The lowest BCUT2D eigenvalue weighted by Crippen LogP contribution is -2.32. The van der Waals surface area contributed by atoms with E-state index < -0.39 is 5.62 Å². The number of alkyl halides is 1. The maximum absolute atomic E-state index is 6.35. The van der Waals surface area contributed by atoms with Crippen molar-refractivity contribution in [2.45, 2.75) is 32.1 Å². The van der Waals surface area contributed by atoms with Crippen LogP contribution in [0, 0.1) is 6.92 Å². The Labute approximate surface area is 126 Å². The Bertz CT molecular complexity index is 633. The number of halogens is 1. The van der Waals surface area contributed by atoms with Crippen LogP contribution in [-0.4, -0.2) is 11.8 Å². The molecule has 1 unspecified atom stereocenters. The van der Waals surface area contributed by atoms with Gasteiger partial charge >= 0.3 is 0 Å². The summed E-state index contributed by atoms with van der Waals surface area (Å²) in [5, 5.41) is 0. The fourth-order valence-corrected chi connectivity index (χ4v) is 3.84. The molecule has 0 spiro atoms. The predicted octanol–water partition coefficient (Wildman–Crippen LogP) is 3.63. The lowest BCUT2D eigenvalue weighted by molar-refractivity contribution is 0.499. The number of nitrogens with two attached hydrogens (primary N) is 1.